The van der Waals surface area contributed by atoms with Crippen LogP contribution in [0.2, 0.25) is 0 Å². The average Bonchev–Trinajstić information content (AvgIpc) is 2.99. The number of carbonyl (C=O) groups excluding carboxylic acids is 1. The minimum atomic E-state index is -0.795. The minimum Gasteiger partial charge on any atom is -0.481 e. The van der Waals surface area contributed by atoms with Gasteiger partial charge in [0.1, 0.15) is 0 Å². The second kappa shape index (κ2) is 7.58. The lowest BCUT2D eigenvalue weighted by Gasteiger charge is -2.34. The van der Waals surface area contributed by atoms with Crippen LogP contribution in [0, 0.1) is 0 Å². The van der Waals surface area contributed by atoms with E-state index < -0.39 is 5.97 Å². The Bertz CT molecular complexity index is 456. The second-order valence-corrected chi connectivity index (χ2v) is 4.79. The van der Waals surface area contributed by atoms with Gasteiger partial charge in [-0.2, -0.15) is 4.98 Å². The zero-order valence-corrected chi connectivity index (χ0v) is 11.7. The Morgan fingerprint density at radius 2 is 2.10 bits per heavy atom. The molecule has 1 aromatic heterocycles. The van der Waals surface area contributed by atoms with Crippen LogP contribution in [-0.2, 0) is 11.2 Å². The molecule has 1 aromatic rings. The molecule has 1 aliphatic heterocycles. The van der Waals surface area contributed by atoms with Crippen molar-refractivity contribution in [1.82, 2.24) is 25.3 Å². The lowest BCUT2D eigenvalue weighted by Crippen LogP contribution is -2.52. The summed E-state index contributed by atoms with van der Waals surface area (Å²) in [6, 6.07) is -0.118. The quantitative estimate of drug-likeness (QED) is 0.722. The van der Waals surface area contributed by atoms with Gasteiger partial charge >= 0.3 is 12.0 Å². The SMILES string of the molecule is O=C(O)CCN1CCN(C(=O)NCCc2ncno2)CC1. The van der Waals surface area contributed by atoms with E-state index in [2.05, 4.69) is 20.4 Å². The number of nitrogens with zero attached hydrogens (tertiary/aromatic N) is 4. The fraction of sp³-hybridized carbons (Fsp3) is 0.667. The first-order valence-electron chi connectivity index (χ1n) is 6.87. The van der Waals surface area contributed by atoms with Crippen molar-refractivity contribution >= 4 is 12.0 Å². The highest BCUT2D eigenvalue weighted by molar-refractivity contribution is 5.74. The van der Waals surface area contributed by atoms with Gasteiger partial charge in [-0.3, -0.25) is 9.69 Å². The zero-order valence-electron chi connectivity index (χ0n) is 11.7. The van der Waals surface area contributed by atoms with Crippen molar-refractivity contribution in [2.75, 3.05) is 39.3 Å². The molecular weight excluding hydrogens is 278 g/mol. The standard InChI is InChI=1S/C12H19N5O4/c18-11(19)2-4-16-5-7-17(8-6-16)12(20)13-3-1-10-14-9-15-21-10/h9H,1-8H2,(H,13,20)(H,18,19). The normalized spacial score (nSPS) is 15.9. The summed E-state index contributed by atoms with van der Waals surface area (Å²) in [6.07, 6.45) is 1.97. The summed E-state index contributed by atoms with van der Waals surface area (Å²) in [4.78, 5) is 30.1. The Morgan fingerprint density at radius 1 is 1.33 bits per heavy atom. The van der Waals surface area contributed by atoms with Crippen LogP contribution in [0.3, 0.4) is 0 Å². The summed E-state index contributed by atoms with van der Waals surface area (Å²) in [5.74, 6) is -0.301. The number of carboxylic acid groups (broad SMARTS) is 1. The van der Waals surface area contributed by atoms with Gasteiger partial charge in [-0.25, -0.2) is 4.79 Å². The van der Waals surface area contributed by atoms with Gasteiger partial charge in [0.2, 0.25) is 5.89 Å². The summed E-state index contributed by atoms with van der Waals surface area (Å²) in [6.45, 7) is 3.58. The Hall–Kier alpha value is -2.16. The van der Waals surface area contributed by atoms with E-state index in [1.165, 1.54) is 6.33 Å². The maximum atomic E-state index is 11.9. The summed E-state index contributed by atoms with van der Waals surface area (Å²) < 4.78 is 4.84. The first-order chi connectivity index (χ1) is 10.1. The van der Waals surface area contributed by atoms with Gasteiger partial charge in [0.25, 0.3) is 0 Å². The van der Waals surface area contributed by atoms with Crippen LogP contribution in [0.4, 0.5) is 4.79 Å². The van der Waals surface area contributed by atoms with Gasteiger partial charge < -0.3 is 19.8 Å². The van der Waals surface area contributed by atoms with E-state index in [9.17, 15) is 9.59 Å². The molecule has 2 amide bonds. The van der Waals surface area contributed by atoms with Crippen molar-refractivity contribution in [3.05, 3.63) is 12.2 Å². The molecule has 21 heavy (non-hydrogen) atoms. The molecule has 0 unspecified atom stereocenters. The summed E-state index contributed by atoms with van der Waals surface area (Å²) in [5, 5.41) is 14.9. The number of hydrogen-bond donors (Lipinski definition) is 2. The molecule has 2 rings (SSSR count). The summed E-state index contributed by atoms with van der Waals surface area (Å²) in [7, 11) is 0. The van der Waals surface area contributed by atoms with Crippen LogP contribution >= 0.6 is 0 Å². The Labute approximate surface area is 121 Å². The average molecular weight is 297 g/mol. The van der Waals surface area contributed by atoms with E-state index in [1.807, 2.05) is 0 Å². The third-order valence-corrected chi connectivity index (χ3v) is 3.32. The number of aliphatic carboxylic acids is 1. The maximum absolute atomic E-state index is 11.9. The number of nitrogens with one attached hydrogen (secondary N) is 1. The molecule has 0 atom stereocenters. The highest BCUT2D eigenvalue weighted by Gasteiger charge is 2.21. The van der Waals surface area contributed by atoms with Crippen LogP contribution in [0.15, 0.2) is 10.9 Å². The number of aromatic nitrogens is 2. The molecule has 1 aliphatic rings. The van der Waals surface area contributed by atoms with Crippen molar-refractivity contribution in [3.63, 3.8) is 0 Å². The van der Waals surface area contributed by atoms with Crippen molar-refractivity contribution < 1.29 is 19.2 Å². The van der Waals surface area contributed by atoms with E-state index in [4.69, 9.17) is 9.63 Å². The second-order valence-electron chi connectivity index (χ2n) is 4.79. The van der Waals surface area contributed by atoms with Crippen molar-refractivity contribution in [2.24, 2.45) is 0 Å². The van der Waals surface area contributed by atoms with E-state index in [1.54, 1.807) is 4.90 Å². The van der Waals surface area contributed by atoms with Gasteiger partial charge in [-0.05, 0) is 0 Å². The van der Waals surface area contributed by atoms with Gasteiger partial charge in [-0.15, -0.1) is 0 Å². The predicted molar refractivity (Wildman–Crippen MR) is 71.7 cm³/mol. The first-order valence-corrected chi connectivity index (χ1v) is 6.87. The number of carbonyl (C=O) groups is 2. The molecule has 2 heterocycles. The predicted octanol–water partition coefficient (Wildman–Crippen LogP) is -0.586. The van der Waals surface area contributed by atoms with E-state index in [0.717, 1.165) is 0 Å². The fourth-order valence-corrected chi connectivity index (χ4v) is 2.12. The molecule has 1 saturated heterocycles. The van der Waals surface area contributed by atoms with Crippen molar-refractivity contribution in [1.29, 1.82) is 0 Å². The largest absolute Gasteiger partial charge is 0.481 e. The Balaban J connectivity index is 1.62. The molecule has 9 nitrogen and oxygen atoms in total. The molecule has 116 valence electrons. The Morgan fingerprint density at radius 3 is 2.71 bits per heavy atom. The molecular formula is C12H19N5O4. The van der Waals surface area contributed by atoms with Crippen LogP contribution < -0.4 is 5.32 Å². The van der Waals surface area contributed by atoms with Gasteiger partial charge in [0.15, 0.2) is 6.33 Å². The first kappa shape index (κ1) is 15.2. The van der Waals surface area contributed by atoms with Crippen LogP contribution in [0.1, 0.15) is 12.3 Å². The van der Waals surface area contributed by atoms with E-state index >= 15 is 0 Å². The van der Waals surface area contributed by atoms with Crippen molar-refractivity contribution in [3.8, 4) is 0 Å². The smallest absolute Gasteiger partial charge is 0.317 e. The molecule has 0 bridgehead atoms. The monoisotopic (exact) mass is 297 g/mol. The van der Waals surface area contributed by atoms with Crippen LogP contribution in [-0.4, -0.2) is 76.3 Å². The van der Waals surface area contributed by atoms with Crippen molar-refractivity contribution in [2.45, 2.75) is 12.8 Å². The lowest BCUT2D eigenvalue weighted by atomic mass is 10.3. The van der Waals surface area contributed by atoms with E-state index in [-0.39, 0.29) is 12.5 Å². The number of hydrogen-bond acceptors (Lipinski definition) is 6. The number of amides is 2. The number of rotatable bonds is 6. The molecule has 1 fully saturated rings. The summed E-state index contributed by atoms with van der Waals surface area (Å²) in [5.41, 5.74) is 0. The van der Waals surface area contributed by atoms with E-state index in [0.29, 0.717) is 51.6 Å². The summed E-state index contributed by atoms with van der Waals surface area (Å²) >= 11 is 0. The number of urea groups is 1. The minimum absolute atomic E-state index is 0.118. The third-order valence-electron chi connectivity index (χ3n) is 3.32. The van der Waals surface area contributed by atoms with Gasteiger partial charge in [-0.1, -0.05) is 5.16 Å². The fourth-order valence-electron chi connectivity index (χ4n) is 2.12. The highest BCUT2D eigenvalue weighted by atomic mass is 16.5. The molecule has 0 radical (unpaired) electrons. The van der Waals surface area contributed by atoms with Gasteiger partial charge in [0, 0.05) is 45.7 Å². The van der Waals surface area contributed by atoms with Crippen LogP contribution in [0.25, 0.3) is 0 Å². The molecule has 0 aliphatic carbocycles. The molecule has 0 aromatic carbocycles. The molecule has 0 saturated carbocycles. The number of piperazine rings is 1. The Kier molecular flexibility index (Phi) is 5.50. The molecule has 2 N–H and O–H groups in total. The molecule has 9 heteroatoms. The topological polar surface area (TPSA) is 112 Å². The van der Waals surface area contributed by atoms with Crippen LogP contribution in [0.5, 0.6) is 0 Å². The molecule has 0 spiro atoms. The zero-order chi connectivity index (χ0) is 15.1. The van der Waals surface area contributed by atoms with Gasteiger partial charge in [0.05, 0.1) is 6.42 Å². The third kappa shape index (κ3) is 5.03. The highest BCUT2D eigenvalue weighted by Crippen LogP contribution is 2.03. The lowest BCUT2D eigenvalue weighted by molar-refractivity contribution is -0.137. The maximum Gasteiger partial charge on any atom is 0.317 e. The number of carboxylic acids is 1.